The van der Waals surface area contributed by atoms with Gasteiger partial charge in [0.15, 0.2) is 18.3 Å². The van der Waals surface area contributed by atoms with E-state index < -0.39 is 17.5 Å². The Balaban J connectivity index is 1.51. The Bertz CT molecular complexity index is 1070. The lowest BCUT2D eigenvalue weighted by molar-refractivity contribution is -0.114. The molecule has 2 heterocycles. The molecule has 1 fully saturated rings. The Kier molecular flexibility index (Phi) is 5.62. The van der Waals surface area contributed by atoms with Crippen molar-refractivity contribution in [2.45, 2.75) is 18.9 Å². The molecule has 0 aliphatic carbocycles. The van der Waals surface area contributed by atoms with Crippen LogP contribution in [0.5, 0.6) is 5.75 Å². The third-order valence-corrected chi connectivity index (χ3v) is 5.31. The molecule has 0 spiro atoms. The van der Waals surface area contributed by atoms with Crippen molar-refractivity contribution in [2.24, 2.45) is 5.73 Å². The van der Waals surface area contributed by atoms with Gasteiger partial charge in [-0.2, -0.15) is 5.26 Å². The normalized spacial score (nSPS) is 16.5. The fourth-order valence-corrected chi connectivity index (χ4v) is 3.76. The van der Waals surface area contributed by atoms with Crippen molar-refractivity contribution < 1.29 is 23.0 Å². The molecular weight excluding hydrogens is 406 g/mol. The summed E-state index contributed by atoms with van der Waals surface area (Å²) >= 11 is 0. The predicted molar refractivity (Wildman–Crippen MR) is 109 cm³/mol. The highest BCUT2D eigenvalue weighted by atomic mass is 19.1. The van der Waals surface area contributed by atoms with Gasteiger partial charge in [0.25, 0.3) is 5.91 Å². The van der Waals surface area contributed by atoms with Crippen LogP contribution >= 0.6 is 0 Å². The van der Waals surface area contributed by atoms with Gasteiger partial charge in [-0.25, -0.2) is 8.78 Å². The van der Waals surface area contributed by atoms with Crippen LogP contribution in [-0.2, 0) is 9.53 Å². The number of nitriles is 1. The highest BCUT2D eigenvalue weighted by Crippen LogP contribution is 2.36. The molecular formula is C22H20F2N4O3. The minimum atomic E-state index is -0.725. The number of carbonyl (C=O) groups is 1. The van der Waals surface area contributed by atoms with E-state index in [1.165, 1.54) is 18.4 Å². The molecule has 0 aromatic heterocycles. The summed E-state index contributed by atoms with van der Waals surface area (Å²) in [7, 11) is 0. The number of rotatable bonds is 5. The van der Waals surface area contributed by atoms with Crippen LogP contribution in [-0.4, -0.2) is 31.8 Å². The lowest BCUT2D eigenvalue weighted by Gasteiger charge is -2.36. The molecule has 1 saturated heterocycles. The van der Waals surface area contributed by atoms with Crippen molar-refractivity contribution in [3.8, 4) is 11.8 Å². The van der Waals surface area contributed by atoms with Crippen LogP contribution in [0.2, 0.25) is 0 Å². The van der Waals surface area contributed by atoms with Crippen molar-refractivity contribution >= 4 is 17.3 Å². The second-order valence-electron chi connectivity index (χ2n) is 7.29. The van der Waals surface area contributed by atoms with Crippen molar-refractivity contribution in [1.29, 1.82) is 5.26 Å². The van der Waals surface area contributed by atoms with Crippen LogP contribution in [0.4, 0.5) is 20.2 Å². The first-order valence-electron chi connectivity index (χ1n) is 9.76. The molecule has 0 unspecified atom stereocenters. The number of hydrogen-bond acceptors (Lipinski definition) is 6. The molecule has 2 aromatic carbocycles. The van der Waals surface area contributed by atoms with E-state index in [0.717, 1.165) is 11.8 Å². The Morgan fingerprint density at radius 3 is 2.61 bits per heavy atom. The van der Waals surface area contributed by atoms with Crippen LogP contribution in [0, 0.1) is 23.0 Å². The van der Waals surface area contributed by atoms with Crippen molar-refractivity contribution in [2.75, 3.05) is 29.6 Å². The molecule has 4 rings (SSSR count). The number of anilines is 2. The number of halogens is 2. The van der Waals surface area contributed by atoms with Gasteiger partial charge in [-0.05, 0) is 30.3 Å². The minimum Gasteiger partial charge on any atom is -0.487 e. The summed E-state index contributed by atoms with van der Waals surface area (Å²) in [5.41, 5.74) is 7.58. The maximum absolute atomic E-state index is 13.9. The van der Waals surface area contributed by atoms with Crippen molar-refractivity contribution in [1.82, 2.24) is 0 Å². The van der Waals surface area contributed by atoms with Gasteiger partial charge in [-0.1, -0.05) is 0 Å². The zero-order valence-electron chi connectivity index (χ0n) is 16.6. The Hall–Kier alpha value is -3.80. The number of amides is 1. The number of nitrogens with two attached hydrogens (primary N) is 1. The molecule has 0 bridgehead atoms. The van der Waals surface area contributed by atoms with Gasteiger partial charge in [0, 0.05) is 32.0 Å². The number of nitrogens with zero attached hydrogens (tertiary/aromatic N) is 3. The maximum Gasteiger partial charge on any atom is 0.268 e. The van der Waals surface area contributed by atoms with Crippen molar-refractivity contribution in [3.63, 3.8) is 0 Å². The Labute approximate surface area is 177 Å². The fraction of sp³-hybridized carbons (Fsp3) is 0.273. The average molecular weight is 426 g/mol. The number of piperidine rings is 1. The first-order valence-corrected chi connectivity index (χ1v) is 9.76. The Morgan fingerprint density at radius 1 is 1.16 bits per heavy atom. The number of primary amides is 1. The van der Waals surface area contributed by atoms with E-state index in [1.54, 1.807) is 17.0 Å². The number of ether oxygens (including phenoxy) is 2. The molecule has 160 valence electrons. The van der Waals surface area contributed by atoms with Gasteiger partial charge in [0.05, 0.1) is 23.0 Å². The van der Waals surface area contributed by atoms with E-state index >= 15 is 0 Å². The lowest BCUT2D eigenvalue weighted by Crippen LogP contribution is -2.39. The van der Waals surface area contributed by atoms with Crippen LogP contribution in [0.15, 0.2) is 48.4 Å². The monoisotopic (exact) mass is 426 g/mol. The van der Waals surface area contributed by atoms with E-state index in [2.05, 4.69) is 11.0 Å². The smallest absolute Gasteiger partial charge is 0.268 e. The molecule has 2 aliphatic rings. The fourth-order valence-electron chi connectivity index (χ4n) is 3.76. The molecule has 0 radical (unpaired) electrons. The van der Waals surface area contributed by atoms with Gasteiger partial charge in [-0.3, -0.25) is 9.69 Å². The third kappa shape index (κ3) is 4.23. The van der Waals surface area contributed by atoms with Crippen molar-refractivity contribution in [3.05, 3.63) is 65.6 Å². The van der Waals surface area contributed by atoms with E-state index in [1.807, 2.05) is 6.07 Å². The van der Waals surface area contributed by atoms with Gasteiger partial charge >= 0.3 is 0 Å². The van der Waals surface area contributed by atoms with Crippen LogP contribution in [0.1, 0.15) is 18.4 Å². The first-order chi connectivity index (χ1) is 15.0. The van der Waals surface area contributed by atoms with E-state index in [4.69, 9.17) is 15.2 Å². The highest BCUT2D eigenvalue weighted by molar-refractivity contribution is 5.97. The number of hydrogen-bond donors (Lipinski definition) is 1. The third-order valence-electron chi connectivity index (χ3n) is 5.31. The second kappa shape index (κ2) is 8.52. The zero-order valence-corrected chi connectivity index (χ0v) is 16.6. The maximum atomic E-state index is 13.9. The minimum absolute atomic E-state index is 0.0318. The topological polar surface area (TPSA) is 91.8 Å². The number of benzene rings is 2. The second-order valence-corrected chi connectivity index (χ2v) is 7.29. The van der Waals surface area contributed by atoms with Gasteiger partial charge in [0.1, 0.15) is 23.9 Å². The summed E-state index contributed by atoms with van der Waals surface area (Å²) in [6, 6.07) is 10.6. The molecule has 2 aliphatic heterocycles. The lowest BCUT2D eigenvalue weighted by atomic mass is 10.0. The van der Waals surface area contributed by atoms with Gasteiger partial charge < -0.3 is 20.1 Å². The van der Waals surface area contributed by atoms with Gasteiger partial charge in [0.2, 0.25) is 0 Å². The first kappa shape index (κ1) is 20.5. The summed E-state index contributed by atoms with van der Waals surface area (Å²) in [5, 5.41) is 9.31. The molecule has 1 amide bonds. The summed E-state index contributed by atoms with van der Waals surface area (Å²) in [6.45, 7) is 1.33. The molecule has 9 heteroatoms. The van der Waals surface area contributed by atoms with Crippen LogP contribution in [0.3, 0.4) is 0 Å². The molecule has 31 heavy (non-hydrogen) atoms. The Morgan fingerprint density at radius 2 is 1.94 bits per heavy atom. The molecule has 0 atom stereocenters. The summed E-state index contributed by atoms with van der Waals surface area (Å²) < 4.78 is 38.0. The molecule has 2 aromatic rings. The van der Waals surface area contributed by atoms with E-state index in [0.29, 0.717) is 37.2 Å². The standard InChI is InChI=1S/C22H20F2N4O3/c23-15-2-4-21(17(24)10-15)31-16-5-7-27(8-6-16)18-3-1-14(11-25)9-19(18)28-13-30-12-20(28)22(26)29/h1-4,9-10,12,16H,5-8,13H2,(H2,26,29). The quantitative estimate of drug-likeness (QED) is 0.790. The summed E-state index contributed by atoms with van der Waals surface area (Å²) in [6.07, 6.45) is 2.33. The average Bonchev–Trinajstić information content (AvgIpc) is 3.26. The summed E-state index contributed by atoms with van der Waals surface area (Å²) in [4.78, 5) is 15.5. The molecule has 0 saturated carbocycles. The summed E-state index contributed by atoms with van der Waals surface area (Å²) in [5.74, 6) is -1.97. The van der Waals surface area contributed by atoms with Gasteiger partial charge in [-0.15, -0.1) is 0 Å². The van der Waals surface area contributed by atoms with Crippen LogP contribution < -0.4 is 20.3 Å². The van der Waals surface area contributed by atoms with Crippen LogP contribution in [0.25, 0.3) is 0 Å². The number of carbonyl (C=O) groups excluding carboxylic acids is 1. The predicted octanol–water partition coefficient (Wildman–Crippen LogP) is 3.01. The van der Waals surface area contributed by atoms with E-state index in [9.17, 15) is 18.8 Å². The molecule has 7 nitrogen and oxygen atoms in total. The SMILES string of the molecule is N#Cc1ccc(N2CCC(Oc3ccc(F)cc3F)CC2)c(N2COC=C2C(N)=O)c1. The van der Waals surface area contributed by atoms with E-state index in [-0.39, 0.29) is 24.3 Å². The highest BCUT2D eigenvalue weighted by Gasteiger charge is 2.29. The molecule has 2 N–H and O–H groups in total. The zero-order chi connectivity index (χ0) is 22.0. The largest absolute Gasteiger partial charge is 0.487 e.